The molecule has 4 atom stereocenters. The first-order chi connectivity index (χ1) is 11.7. The van der Waals surface area contributed by atoms with Crippen molar-refractivity contribution in [1.29, 1.82) is 0 Å². The van der Waals surface area contributed by atoms with Crippen molar-refractivity contribution in [1.82, 2.24) is 20.8 Å². The van der Waals surface area contributed by atoms with Crippen LogP contribution in [0.3, 0.4) is 0 Å². The molecule has 0 aromatic heterocycles. The van der Waals surface area contributed by atoms with Gasteiger partial charge in [0, 0.05) is 12.6 Å². The van der Waals surface area contributed by atoms with Crippen molar-refractivity contribution < 1.29 is 31.7 Å². The number of hydroxylamine groups is 3. The predicted octanol–water partition coefficient (Wildman–Crippen LogP) is -0.965. The molecule has 3 aliphatic rings. The van der Waals surface area contributed by atoms with Crippen molar-refractivity contribution in [2.75, 3.05) is 19.7 Å². The number of nitrogens with zero attached hydrogens (tertiary/aromatic N) is 2. The van der Waals surface area contributed by atoms with E-state index in [1.165, 1.54) is 4.90 Å². The summed E-state index contributed by atoms with van der Waals surface area (Å²) in [6.45, 7) is 3.52. The lowest BCUT2D eigenvalue weighted by Crippen LogP contribution is -2.50. The predicted molar refractivity (Wildman–Crippen MR) is 83.1 cm³/mol. The molecule has 0 radical (unpaired) electrons. The van der Waals surface area contributed by atoms with Crippen LogP contribution in [0.5, 0.6) is 0 Å². The Hall–Kier alpha value is -1.47. The van der Waals surface area contributed by atoms with E-state index in [0.29, 0.717) is 30.4 Å². The van der Waals surface area contributed by atoms with E-state index in [1.807, 2.05) is 0 Å². The van der Waals surface area contributed by atoms with Crippen molar-refractivity contribution in [2.45, 2.75) is 44.3 Å². The number of rotatable bonds is 6. The van der Waals surface area contributed by atoms with E-state index >= 15 is 0 Å². The number of urea groups is 1. The second kappa shape index (κ2) is 7.03. The number of amides is 3. The molecule has 0 saturated carbocycles. The summed E-state index contributed by atoms with van der Waals surface area (Å²) in [5.74, 6) is 0.0992. The molecule has 3 fully saturated rings. The highest BCUT2D eigenvalue weighted by Gasteiger charge is 2.49. The van der Waals surface area contributed by atoms with Crippen LogP contribution in [0.15, 0.2) is 0 Å². The molecule has 3 heterocycles. The van der Waals surface area contributed by atoms with Crippen LogP contribution in [0.2, 0.25) is 0 Å². The Kier molecular flexibility index (Phi) is 5.16. The zero-order chi connectivity index (χ0) is 18.2. The Bertz CT molecular complexity index is 642. The number of carbonyl (C=O) groups excluding carboxylic acids is 2. The highest BCUT2D eigenvalue weighted by molar-refractivity contribution is 7.80. The lowest BCUT2D eigenvalue weighted by Gasteiger charge is -2.29. The molecular formula is C13H22N4O7S. The Balaban J connectivity index is 1.52. The molecule has 142 valence electrons. The molecule has 3 N–H and O–H groups in total. The molecule has 3 aliphatic heterocycles. The SMILES string of the molecule is C[C@@H]1CN[C@H](CONC(=O)[C@@H]2CC[C@@H]3CN2C(=O)N3OS(=O)(=O)O)C1. The largest absolute Gasteiger partial charge is 0.418 e. The Labute approximate surface area is 145 Å². The smallest absolute Gasteiger partial charge is 0.311 e. The van der Waals surface area contributed by atoms with Crippen molar-refractivity contribution >= 4 is 22.3 Å². The summed E-state index contributed by atoms with van der Waals surface area (Å²) in [5, 5.41) is 3.88. The first-order valence-corrected chi connectivity index (χ1v) is 9.53. The third-order valence-electron chi connectivity index (χ3n) is 4.70. The van der Waals surface area contributed by atoms with Crippen molar-refractivity contribution in [3.05, 3.63) is 0 Å². The minimum absolute atomic E-state index is 0.147. The van der Waals surface area contributed by atoms with Gasteiger partial charge >= 0.3 is 16.4 Å². The first kappa shape index (κ1) is 18.3. The summed E-state index contributed by atoms with van der Waals surface area (Å²) in [6.07, 6.45) is 1.68. The van der Waals surface area contributed by atoms with Gasteiger partial charge in [-0.3, -0.25) is 14.2 Å². The van der Waals surface area contributed by atoms with Gasteiger partial charge in [0.2, 0.25) is 0 Å². The Morgan fingerprint density at radius 3 is 2.84 bits per heavy atom. The molecule has 0 unspecified atom stereocenters. The van der Waals surface area contributed by atoms with Crippen molar-refractivity contribution in [3.63, 3.8) is 0 Å². The molecule has 3 saturated heterocycles. The molecule has 2 bridgehead atoms. The average molecular weight is 378 g/mol. The standard InChI is InChI=1S/C13H22N4O7S/c1-8-4-9(14-5-8)7-23-15-12(18)11-3-2-10-6-16(11)13(19)17(10)24-25(20,21)22/h8-11,14H,2-7H2,1H3,(H,15,18)(H,20,21,22)/t8-,9-,10+,11-/m0/s1. The van der Waals surface area contributed by atoms with Gasteiger partial charge in [0.15, 0.2) is 0 Å². The van der Waals surface area contributed by atoms with Crippen LogP contribution < -0.4 is 10.8 Å². The fourth-order valence-corrected chi connectivity index (χ4v) is 3.92. The summed E-state index contributed by atoms with van der Waals surface area (Å²) in [6, 6.07) is -1.89. The maximum absolute atomic E-state index is 12.3. The fourth-order valence-electron chi connectivity index (χ4n) is 3.53. The van der Waals surface area contributed by atoms with Crippen LogP contribution in [0.25, 0.3) is 0 Å². The van der Waals surface area contributed by atoms with Crippen LogP contribution in [0.1, 0.15) is 26.2 Å². The monoisotopic (exact) mass is 378 g/mol. The van der Waals surface area contributed by atoms with Gasteiger partial charge in [-0.15, -0.1) is 4.28 Å². The minimum atomic E-state index is -4.80. The molecule has 25 heavy (non-hydrogen) atoms. The molecule has 0 spiro atoms. The zero-order valence-electron chi connectivity index (χ0n) is 13.8. The maximum Gasteiger partial charge on any atom is 0.418 e. The van der Waals surface area contributed by atoms with E-state index in [2.05, 4.69) is 22.0 Å². The quantitative estimate of drug-likeness (QED) is 0.397. The molecular weight excluding hydrogens is 356 g/mol. The second-order valence-corrected chi connectivity index (χ2v) is 7.74. The number of fused-ring (bicyclic) bond motifs is 2. The average Bonchev–Trinajstić information content (AvgIpc) is 3.04. The number of carbonyl (C=O) groups is 2. The molecule has 11 nitrogen and oxygen atoms in total. The van der Waals surface area contributed by atoms with Crippen molar-refractivity contribution in [2.24, 2.45) is 5.92 Å². The normalized spacial score (nSPS) is 32.3. The molecule has 3 amide bonds. The fraction of sp³-hybridized carbons (Fsp3) is 0.846. The highest BCUT2D eigenvalue weighted by Crippen LogP contribution is 2.30. The van der Waals surface area contributed by atoms with E-state index in [-0.39, 0.29) is 12.6 Å². The zero-order valence-corrected chi connectivity index (χ0v) is 14.6. The van der Waals surface area contributed by atoms with E-state index in [1.54, 1.807) is 0 Å². The van der Waals surface area contributed by atoms with E-state index in [9.17, 15) is 18.0 Å². The van der Waals surface area contributed by atoms with Crippen LogP contribution >= 0.6 is 0 Å². The van der Waals surface area contributed by atoms with Gasteiger partial charge in [0.05, 0.1) is 12.6 Å². The third-order valence-corrected chi connectivity index (χ3v) is 5.05. The number of nitrogens with one attached hydrogen (secondary N) is 2. The second-order valence-electron chi connectivity index (χ2n) is 6.73. The summed E-state index contributed by atoms with van der Waals surface area (Å²) in [5.41, 5.74) is 2.36. The Morgan fingerprint density at radius 2 is 2.20 bits per heavy atom. The highest BCUT2D eigenvalue weighted by atomic mass is 32.3. The van der Waals surface area contributed by atoms with Crippen LogP contribution in [0.4, 0.5) is 4.79 Å². The van der Waals surface area contributed by atoms with Crippen molar-refractivity contribution in [3.8, 4) is 0 Å². The van der Waals surface area contributed by atoms with Crippen LogP contribution in [-0.2, 0) is 24.3 Å². The lowest BCUT2D eigenvalue weighted by atomic mass is 10.0. The summed E-state index contributed by atoms with van der Waals surface area (Å²) in [7, 11) is -4.80. The van der Waals surface area contributed by atoms with Gasteiger partial charge in [-0.2, -0.15) is 13.5 Å². The first-order valence-electron chi connectivity index (χ1n) is 8.16. The molecule has 0 aromatic carbocycles. The van der Waals surface area contributed by atoms with Crippen LogP contribution in [0, 0.1) is 5.92 Å². The number of piperidine rings is 1. The molecule has 0 aromatic rings. The van der Waals surface area contributed by atoms with Crippen LogP contribution in [-0.4, -0.2) is 72.7 Å². The number of hydrogen-bond acceptors (Lipinski definition) is 7. The summed E-state index contributed by atoms with van der Waals surface area (Å²) in [4.78, 5) is 31.0. The molecule has 0 aliphatic carbocycles. The maximum atomic E-state index is 12.3. The van der Waals surface area contributed by atoms with Gasteiger partial charge in [0.1, 0.15) is 6.04 Å². The van der Waals surface area contributed by atoms with Gasteiger partial charge in [-0.05, 0) is 31.7 Å². The summed E-state index contributed by atoms with van der Waals surface area (Å²) < 4.78 is 34.8. The van der Waals surface area contributed by atoms with E-state index < -0.39 is 34.4 Å². The van der Waals surface area contributed by atoms with Gasteiger partial charge in [-0.25, -0.2) is 10.3 Å². The number of hydrogen-bond donors (Lipinski definition) is 3. The lowest BCUT2D eigenvalue weighted by molar-refractivity contribution is -0.139. The van der Waals surface area contributed by atoms with Gasteiger partial charge in [-0.1, -0.05) is 6.92 Å². The van der Waals surface area contributed by atoms with Gasteiger partial charge in [0.25, 0.3) is 5.91 Å². The van der Waals surface area contributed by atoms with Gasteiger partial charge < -0.3 is 10.2 Å². The molecule has 3 rings (SSSR count). The van der Waals surface area contributed by atoms with E-state index in [0.717, 1.165) is 13.0 Å². The Morgan fingerprint density at radius 1 is 1.44 bits per heavy atom. The topological polar surface area (TPSA) is 138 Å². The summed E-state index contributed by atoms with van der Waals surface area (Å²) >= 11 is 0. The van der Waals surface area contributed by atoms with E-state index in [4.69, 9.17) is 9.39 Å². The third kappa shape index (κ3) is 4.20. The molecule has 12 heteroatoms. The minimum Gasteiger partial charge on any atom is -0.311 e.